The van der Waals surface area contributed by atoms with Gasteiger partial charge in [0.05, 0.1) is 5.69 Å². The van der Waals surface area contributed by atoms with Crippen molar-refractivity contribution in [2.45, 2.75) is 11.7 Å². The van der Waals surface area contributed by atoms with Crippen molar-refractivity contribution in [3.8, 4) is 0 Å². The first kappa shape index (κ1) is 13.4. The molecule has 1 fully saturated rings. The minimum absolute atomic E-state index is 0.0469. The van der Waals surface area contributed by atoms with Gasteiger partial charge in [-0.15, -0.1) is 3.89 Å². The van der Waals surface area contributed by atoms with Gasteiger partial charge in [-0.2, -0.15) is 8.42 Å². The highest BCUT2D eigenvalue weighted by Crippen LogP contribution is 2.29. The number of amides is 1. The van der Waals surface area contributed by atoms with Gasteiger partial charge in [0.2, 0.25) is 5.91 Å². The Bertz CT molecular complexity index is 605. The van der Waals surface area contributed by atoms with Crippen molar-refractivity contribution in [3.63, 3.8) is 0 Å². The summed E-state index contributed by atoms with van der Waals surface area (Å²) in [5, 5.41) is -1.42. The van der Waals surface area contributed by atoms with Gasteiger partial charge in [0.1, 0.15) is 11.1 Å². The largest absolute Gasteiger partial charge is 0.308 e. The quantitative estimate of drug-likeness (QED) is 0.774. The Balaban J connectivity index is 2.33. The fourth-order valence-corrected chi connectivity index (χ4v) is 2.80. The molecule has 0 radical (unpaired) electrons. The SMILES string of the molecule is O=C1CC(S(=O)(=O)F)CN1c1ccc(Br)cc1F. The summed E-state index contributed by atoms with van der Waals surface area (Å²) in [6.07, 6.45) is -0.464. The monoisotopic (exact) mass is 339 g/mol. The molecular weight excluding hydrogens is 332 g/mol. The molecule has 1 aliphatic rings. The molecule has 98 valence electrons. The lowest BCUT2D eigenvalue weighted by Gasteiger charge is -2.16. The van der Waals surface area contributed by atoms with Crippen molar-refractivity contribution < 1.29 is 21.5 Å². The Morgan fingerprint density at radius 3 is 2.56 bits per heavy atom. The minimum atomic E-state index is -4.79. The average molecular weight is 340 g/mol. The molecule has 1 aliphatic heterocycles. The molecule has 4 nitrogen and oxygen atoms in total. The van der Waals surface area contributed by atoms with E-state index in [1.165, 1.54) is 12.1 Å². The Kier molecular flexibility index (Phi) is 3.41. The number of hydrogen-bond donors (Lipinski definition) is 0. The normalized spacial score (nSPS) is 20.5. The molecule has 1 aromatic rings. The van der Waals surface area contributed by atoms with Gasteiger partial charge in [-0.25, -0.2) is 4.39 Å². The van der Waals surface area contributed by atoms with Gasteiger partial charge >= 0.3 is 10.2 Å². The summed E-state index contributed by atoms with van der Waals surface area (Å²) in [6.45, 7) is -0.365. The maximum Gasteiger partial charge on any atom is 0.307 e. The fourth-order valence-electron chi connectivity index (χ4n) is 1.80. The second kappa shape index (κ2) is 4.58. The number of halogens is 3. The van der Waals surface area contributed by atoms with Crippen LogP contribution in [0.15, 0.2) is 22.7 Å². The number of rotatable bonds is 2. The lowest BCUT2D eigenvalue weighted by molar-refractivity contribution is -0.117. The van der Waals surface area contributed by atoms with Crippen molar-refractivity contribution in [1.29, 1.82) is 0 Å². The van der Waals surface area contributed by atoms with Gasteiger partial charge in [-0.1, -0.05) is 15.9 Å². The van der Waals surface area contributed by atoms with Crippen LogP contribution in [0.4, 0.5) is 14.0 Å². The standard InChI is InChI=1S/C10H8BrF2NO3S/c11-6-1-2-9(8(12)3-6)14-5-7(4-10(14)15)18(13,16)17/h1-3,7H,4-5H2. The first-order chi connectivity index (χ1) is 8.29. The van der Waals surface area contributed by atoms with Crippen LogP contribution in [0.1, 0.15) is 6.42 Å². The molecule has 8 heteroatoms. The van der Waals surface area contributed by atoms with Crippen LogP contribution >= 0.6 is 15.9 Å². The summed E-state index contributed by atoms with van der Waals surface area (Å²) in [5.41, 5.74) is -0.0469. The maximum absolute atomic E-state index is 13.6. The number of carbonyl (C=O) groups is 1. The average Bonchev–Trinajstić information content (AvgIpc) is 2.60. The highest BCUT2D eigenvalue weighted by Gasteiger charge is 2.39. The number of benzene rings is 1. The van der Waals surface area contributed by atoms with Crippen molar-refractivity contribution in [2.75, 3.05) is 11.4 Å². The third-order valence-corrected chi connectivity index (χ3v) is 4.29. The predicted molar refractivity (Wildman–Crippen MR) is 64.9 cm³/mol. The molecule has 2 rings (SSSR count). The minimum Gasteiger partial charge on any atom is -0.308 e. The first-order valence-electron chi connectivity index (χ1n) is 4.98. The lowest BCUT2D eigenvalue weighted by Crippen LogP contribution is -2.27. The highest BCUT2D eigenvalue weighted by molar-refractivity contribution is 9.10. The van der Waals surface area contributed by atoms with Crippen LogP contribution in [0.3, 0.4) is 0 Å². The lowest BCUT2D eigenvalue weighted by atomic mass is 10.3. The second-order valence-electron chi connectivity index (χ2n) is 3.90. The Labute approximate surface area is 111 Å². The smallest absolute Gasteiger partial charge is 0.307 e. The van der Waals surface area contributed by atoms with Crippen LogP contribution in [-0.4, -0.2) is 26.1 Å². The van der Waals surface area contributed by atoms with Crippen molar-refractivity contribution in [2.24, 2.45) is 0 Å². The molecule has 1 saturated heterocycles. The molecule has 0 N–H and O–H groups in total. The Morgan fingerprint density at radius 2 is 2.06 bits per heavy atom. The van der Waals surface area contributed by atoms with E-state index in [9.17, 15) is 21.5 Å². The summed E-state index contributed by atoms with van der Waals surface area (Å²) >= 11 is 3.06. The van der Waals surface area contributed by atoms with E-state index in [-0.39, 0.29) is 12.2 Å². The van der Waals surface area contributed by atoms with Crippen molar-refractivity contribution >= 4 is 37.7 Å². The van der Waals surface area contributed by atoms with Crippen LogP contribution in [0.25, 0.3) is 0 Å². The second-order valence-corrected chi connectivity index (χ2v) is 6.44. The zero-order chi connectivity index (χ0) is 13.5. The molecule has 0 aliphatic carbocycles. The molecule has 0 aromatic heterocycles. The van der Waals surface area contributed by atoms with E-state index < -0.39 is 33.6 Å². The summed E-state index contributed by atoms with van der Waals surface area (Å²) in [5.74, 6) is -1.28. The molecule has 0 spiro atoms. The topological polar surface area (TPSA) is 54.5 Å². The van der Waals surface area contributed by atoms with E-state index in [1.54, 1.807) is 0 Å². The van der Waals surface area contributed by atoms with Gasteiger partial charge in [-0.05, 0) is 18.2 Å². The molecule has 1 amide bonds. The molecule has 1 unspecified atom stereocenters. The van der Waals surface area contributed by atoms with Crippen LogP contribution < -0.4 is 4.90 Å². The zero-order valence-corrected chi connectivity index (χ0v) is 11.3. The molecule has 1 atom stereocenters. The molecular formula is C10H8BrF2NO3S. The number of nitrogens with zero attached hydrogens (tertiary/aromatic N) is 1. The van der Waals surface area contributed by atoms with E-state index in [2.05, 4.69) is 15.9 Å². The van der Waals surface area contributed by atoms with E-state index in [0.717, 1.165) is 11.0 Å². The summed E-state index contributed by atoms with van der Waals surface area (Å²) in [7, 11) is -4.79. The highest BCUT2D eigenvalue weighted by atomic mass is 79.9. The van der Waals surface area contributed by atoms with Gasteiger partial charge < -0.3 is 4.90 Å². The van der Waals surface area contributed by atoms with E-state index in [4.69, 9.17) is 0 Å². The van der Waals surface area contributed by atoms with E-state index in [0.29, 0.717) is 4.47 Å². The van der Waals surface area contributed by atoms with Gasteiger partial charge in [0.15, 0.2) is 0 Å². The summed E-state index contributed by atoms with van der Waals surface area (Å²) < 4.78 is 48.4. The van der Waals surface area contributed by atoms with E-state index >= 15 is 0 Å². The third kappa shape index (κ3) is 2.54. The summed E-state index contributed by atoms with van der Waals surface area (Å²) in [4.78, 5) is 12.5. The van der Waals surface area contributed by atoms with Crippen LogP contribution in [0.2, 0.25) is 0 Å². The molecule has 0 saturated carbocycles. The molecule has 1 aromatic carbocycles. The third-order valence-electron chi connectivity index (χ3n) is 2.69. The number of carbonyl (C=O) groups excluding carboxylic acids is 1. The van der Waals surface area contributed by atoms with Crippen molar-refractivity contribution in [1.82, 2.24) is 0 Å². The van der Waals surface area contributed by atoms with Crippen LogP contribution in [0.5, 0.6) is 0 Å². The van der Waals surface area contributed by atoms with Gasteiger partial charge in [-0.3, -0.25) is 4.79 Å². The zero-order valence-electron chi connectivity index (χ0n) is 8.94. The Morgan fingerprint density at radius 1 is 1.39 bits per heavy atom. The molecule has 1 heterocycles. The van der Waals surface area contributed by atoms with Gasteiger partial charge in [0, 0.05) is 17.4 Å². The fraction of sp³-hybridized carbons (Fsp3) is 0.300. The van der Waals surface area contributed by atoms with E-state index in [1.807, 2.05) is 0 Å². The number of anilines is 1. The van der Waals surface area contributed by atoms with Crippen LogP contribution in [0, 0.1) is 5.82 Å². The first-order valence-corrected chi connectivity index (χ1v) is 7.22. The molecule has 18 heavy (non-hydrogen) atoms. The maximum atomic E-state index is 13.6. The van der Waals surface area contributed by atoms with Crippen LogP contribution in [-0.2, 0) is 15.0 Å². The van der Waals surface area contributed by atoms with Crippen molar-refractivity contribution in [3.05, 3.63) is 28.5 Å². The summed E-state index contributed by atoms with van der Waals surface area (Å²) in [6, 6.07) is 4.01. The number of hydrogen-bond acceptors (Lipinski definition) is 3. The Hall–Kier alpha value is -1.02. The molecule has 0 bridgehead atoms. The van der Waals surface area contributed by atoms with Gasteiger partial charge in [0.25, 0.3) is 0 Å². The predicted octanol–water partition coefficient (Wildman–Crippen LogP) is 1.99.